The van der Waals surface area contributed by atoms with Crippen LogP contribution in [0.15, 0.2) is 0 Å². The molecule has 1 atom stereocenters. The summed E-state index contributed by atoms with van der Waals surface area (Å²) in [5.41, 5.74) is 0. The minimum absolute atomic E-state index is 0.00275. The minimum Gasteiger partial charge on any atom is -0.342 e. The van der Waals surface area contributed by atoms with Crippen molar-refractivity contribution in [3.8, 4) is 0 Å². The number of nitrogens with one attached hydrogen (secondary N) is 1. The first kappa shape index (κ1) is 14.4. The molecule has 1 rings (SSSR count). The Labute approximate surface area is 103 Å². The van der Waals surface area contributed by atoms with E-state index in [2.05, 4.69) is 5.32 Å². The van der Waals surface area contributed by atoms with Crippen molar-refractivity contribution in [2.45, 2.75) is 38.8 Å². The van der Waals surface area contributed by atoms with Gasteiger partial charge in [-0.2, -0.15) is 0 Å². The summed E-state index contributed by atoms with van der Waals surface area (Å²) in [7, 11) is -1.15. The molecule has 1 N–H and O–H groups in total. The van der Waals surface area contributed by atoms with Gasteiger partial charge in [0.25, 0.3) is 0 Å². The maximum Gasteiger partial charge on any atom is 0.236 e. The third kappa shape index (κ3) is 4.63. The van der Waals surface area contributed by atoms with Crippen molar-refractivity contribution in [2.24, 2.45) is 0 Å². The number of sulfone groups is 1. The molecule has 0 aromatic rings. The molecule has 1 aliphatic rings. The zero-order valence-electron chi connectivity index (χ0n) is 10.8. The summed E-state index contributed by atoms with van der Waals surface area (Å²) in [5, 5.41) is 3.04. The molecule has 100 valence electrons. The molecule has 0 aromatic carbocycles. The van der Waals surface area contributed by atoms with E-state index in [0.717, 1.165) is 6.42 Å². The second kappa shape index (κ2) is 5.82. The van der Waals surface area contributed by atoms with Crippen LogP contribution in [0, 0.1) is 0 Å². The third-order valence-electron chi connectivity index (χ3n) is 3.17. The molecule has 0 aromatic heterocycles. The van der Waals surface area contributed by atoms with E-state index in [9.17, 15) is 13.2 Å². The lowest BCUT2D eigenvalue weighted by Gasteiger charge is -2.26. The van der Waals surface area contributed by atoms with Crippen molar-refractivity contribution in [3.63, 3.8) is 0 Å². The zero-order valence-corrected chi connectivity index (χ0v) is 11.6. The Bertz CT molecular complexity index is 365. The van der Waals surface area contributed by atoms with Gasteiger partial charge in [-0.25, -0.2) is 8.42 Å². The van der Waals surface area contributed by atoms with Crippen LogP contribution >= 0.6 is 0 Å². The van der Waals surface area contributed by atoms with Crippen molar-refractivity contribution in [2.75, 3.05) is 25.1 Å². The van der Waals surface area contributed by atoms with Gasteiger partial charge in [0.2, 0.25) is 5.91 Å². The molecular formula is C11H22N2O3S. The first-order valence-electron chi connectivity index (χ1n) is 6.01. The van der Waals surface area contributed by atoms with E-state index in [1.165, 1.54) is 0 Å². The van der Waals surface area contributed by atoms with Crippen LogP contribution < -0.4 is 5.32 Å². The van der Waals surface area contributed by atoms with Gasteiger partial charge in [0, 0.05) is 19.1 Å². The van der Waals surface area contributed by atoms with E-state index in [0.29, 0.717) is 6.42 Å². The van der Waals surface area contributed by atoms with Crippen LogP contribution in [0.3, 0.4) is 0 Å². The molecule has 0 aliphatic carbocycles. The second-order valence-corrected chi connectivity index (χ2v) is 7.16. The Morgan fingerprint density at radius 2 is 2.12 bits per heavy atom. The molecule has 6 heteroatoms. The Balaban J connectivity index is 2.38. The van der Waals surface area contributed by atoms with Gasteiger partial charge >= 0.3 is 0 Å². The van der Waals surface area contributed by atoms with Gasteiger partial charge in [-0.3, -0.25) is 4.79 Å². The summed E-state index contributed by atoms with van der Waals surface area (Å²) in [6.45, 7) is 4.11. The van der Waals surface area contributed by atoms with Crippen LogP contribution in [-0.4, -0.2) is 56.4 Å². The highest BCUT2D eigenvalue weighted by Crippen LogP contribution is 2.11. The molecule has 1 aliphatic heterocycles. The first-order valence-corrected chi connectivity index (χ1v) is 7.83. The van der Waals surface area contributed by atoms with E-state index >= 15 is 0 Å². The number of carbonyl (C=O) groups is 1. The Hall–Kier alpha value is -0.620. The topological polar surface area (TPSA) is 66.5 Å². The largest absolute Gasteiger partial charge is 0.342 e. The smallest absolute Gasteiger partial charge is 0.236 e. The van der Waals surface area contributed by atoms with Gasteiger partial charge in [-0.15, -0.1) is 0 Å². The summed E-state index contributed by atoms with van der Waals surface area (Å²) in [6.07, 6.45) is 1.52. The zero-order chi connectivity index (χ0) is 13.1. The fraction of sp³-hybridized carbons (Fsp3) is 0.909. The van der Waals surface area contributed by atoms with Crippen molar-refractivity contribution in [1.82, 2.24) is 10.2 Å². The highest BCUT2D eigenvalue weighted by atomic mass is 32.2. The number of hydrogen-bond donors (Lipinski definition) is 1. The number of amides is 1. The summed E-state index contributed by atoms with van der Waals surface area (Å²) in [5.74, 6) is 0.444. The van der Waals surface area contributed by atoms with Crippen molar-refractivity contribution in [3.05, 3.63) is 0 Å². The van der Waals surface area contributed by atoms with Gasteiger partial charge in [-0.1, -0.05) is 0 Å². The fourth-order valence-electron chi connectivity index (χ4n) is 1.83. The highest BCUT2D eigenvalue weighted by molar-refractivity contribution is 7.91. The van der Waals surface area contributed by atoms with Gasteiger partial charge in [0.05, 0.1) is 18.1 Å². The van der Waals surface area contributed by atoms with Crippen LogP contribution in [0.4, 0.5) is 0 Å². The van der Waals surface area contributed by atoms with Gasteiger partial charge < -0.3 is 10.2 Å². The highest BCUT2D eigenvalue weighted by Gasteiger charge is 2.25. The number of likely N-dealkylation sites (N-methyl/N-ethyl adjacent to an activating group) is 1. The molecule has 0 radical (unpaired) electrons. The Morgan fingerprint density at radius 1 is 1.47 bits per heavy atom. The van der Waals surface area contributed by atoms with Gasteiger partial charge in [-0.05, 0) is 26.7 Å². The van der Waals surface area contributed by atoms with Crippen LogP contribution in [0.25, 0.3) is 0 Å². The Kier molecular flexibility index (Phi) is 4.94. The molecule has 1 unspecified atom stereocenters. The van der Waals surface area contributed by atoms with Crippen LogP contribution in [0.2, 0.25) is 0 Å². The van der Waals surface area contributed by atoms with Crippen LogP contribution in [0.5, 0.6) is 0 Å². The molecule has 1 fully saturated rings. The molecule has 0 bridgehead atoms. The SMILES string of the molecule is CC(C)N(C)C(=O)CNC1CCCS(=O)(=O)C1. The normalized spacial score (nSPS) is 23.6. The number of nitrogens with zero attached hydrogens (tertiary/aromatic N) is 1. The fourth-order valence-corrected chi connectivity index (χ4v) is 3.50. The van der Waals surface area contributed by atoms with Crippen molar-refractivity contribution < 1.29 is 13.2 Å². The number of rotatable bonds is 4. The maximum absolute atomic E-state index is 11.7. The summed E-state index contributed by atoms with van der Waals surface area (Å²) in [4.78, 5) is 13.4. The second-order valence-electron chi connectivity index (χ2n) is 4.93. The molecular weight excluding hydrogens is 240 g/mol. The van der Waals surface area contributed by atoms with Gasteiger partial charge in [0.15, 0.2) is 9.84 Å². The lowest BCUT2D eigenvalue weighted by molar-refractivity contribution is -0.130. The molecule has 1 amide bonds. The minimum atomic E-state index is -2.90. The third-order valence-corrected chi connectivity index (χ3v) is 4.99. The van der Waals surface area contributed by atoms with E-state index in [1.807, 2.05) is 13.8 Å². The molecule has 0 spiro atoms. The van der Waals surface area contributed by atoms with Crippen molar-refractivity contribution in [1.29, 1.82) is 0 Å². The van der Waals surface area contributed by atoms with Crippen LogP contribution in [0.1, 0.15) is 26.7 Å². The lowest BCUT2D eigenvalue weighted by Crippen LogP contribution is -2.46. The maximum atomic E-state index is 11.7. The monoisotopic (exact) mass is 262 g/mol. The van der Waals surface area contributed by atoms with E-state index in [-0.39, 0.29) is 36.0 Å². The predicted molar refractivity (Wildman–Crippen MR) is 67.6 cm³/mol. The van der Waals surface area contributed by atoms with Gasteiger partial charge in [0.1, 0.15) is 0 Å². The average Bonchev–Trinajstić information content (AvgIpc) is 2.23. The molecule has 5 nitrogen and oxygen atoms in total. The standard InChI is InChI=1S/C11H22N2O3S/c1-9(2)13(3)11(14)7-12-10-5-4-6-17(15,16)8-10/h9-10,12H,4-8H2,1-3H3. The summed E-state index contributed by atoms with van der Waals surface area (Å²) < 4.78 is 22.8. The quantitative estimate of drug-likeness (QED) is 0.775. The molecule has 1 heterocycles. The lowest BCUT2D eigenvalue weighted by atomic mass is 10.2. The number of hydrogen-bond acceptors (Lipinski definition) is 4. The molecule has 0 saturated carbocycles. The predicted octanol–water partition coefficient (Wildman–Crippen LogP) is 0.0200. The van der Waals surface area contributed by atoms with E-state index < -0.39 is 9.84 Å². The summed E-state index contributed by atoms with van der Waals surface area (Å²) in [6, 6.07) is 0.0950. The van der Waals surface area contributed by atoms with E-state index in [4.69, 9.17) is 0 Å². The first-order chi connectivity index (χ1) is 7.82. The van der Waals surface area contributed by atoms with E-state index in [1.54, 1.807) is 11.9 Å². The molecule has 1 saturated heterocycles. The Morgan fingerprint density at radius 3 is 2.65 bits per heavy atom. The van der Waals surface area contributed by atoms with Crippen molar-refractivity contribution >= 4 is 15.7 Å². The molecule has 17 heavy (non-hydrogen) atoms. The average molecular weight is 262 g/mol. The summed E-state index contributed by atoms with van der Waals surface area (Å²) >= 11 is 0. The number of carbonyl (C=O) groups excluding carboxylic acids is 1. The van der Waals surface area contributed by atoms with Crippen LogP contribution in [-0.2, 0) is 14.6 Å².